The Labute approximate surface area is 147 Å². The average molecular weight is 359 g/mol. The van der Waals surface area contributed by atoms with E-state index in [1.54, 1.807) is 30.6 Å². The minimum atomic E-state index is -3.65. The first-order chi connectivity index (χ1) is 12.1. The second kappa shape index (κ2) is 6.70. The van der Waals surface area contributed by atoms with Gasteiger partial charge in [-0.05, 0) is 37.6 Å². The number of rotatable bonds is 5. The summed E-state index contributed by atoms with van der Waals surface area (Å²) in [7, 11) is -3.65. The zero-order valence-corrected chi connectivity index (χ0v) is 14.6. The molecule has 0 aliphatic carbocycles. The van der Waals surface area contributed by atoms with E-state index in [1.807, 2.05) is 0 Å². The zero-order chi connectivity index (χ0) is 17.3. The lowest BCUT2D eigenvalue weighted by Crippen LogP contribution is -2.33. The number of sulfonamides is 1. The Morgan fingerprint density at radius 2 is 1.92 bits per heavy atom. The lowest BCUT2D eigenvalue weighted by molar-refractivity contribution is 0.243. The summed E-state index contributed by atoms with van der Waals surface area (Å²) in [6.07, 6.45) is 4.63. The minimum Gasteiger partial charge on any atom is -0.315 e. The molecule has 0 spiro atoms. The molecule has 2 aromatic rings. The van der Waals surface area contributed by atoms with E-state index in [0.29, 0.717) is 6.04 Å². The molecule has 0 unspecified atom stereocenters. The maximum Gasteiger partial charge on any atom is 0.264 e. The first-order valence-corrected chi connectivity index (χ1v) is 9.94. The second-order valence-corrected chi connectivity index (χ2v) is 8.26. The van der Waals surface area contributed by atoms with Crippen LogP contribution in [0, 0.1) is 5.92 Å². The van der Waals surface area contributed by atoms with Crippen LogP contribution in [0.5, 0.6) is 0 Å². The molecule has 2 aliphatic heterocycles. The molecular weight excluding hydrogens is 338 g/mol. The van der Waals surface area contributed by atoms with Gasteiger partial charge in [0.25, 0.3) is 10.0 Å². The van der Waals surface area contributed by atoms with Gasteiger partial charge in [0.15, 0.2) is 0 Å². The van der Waals surface area contributed by atoms with Crippen molar-refractivity contribution in [3.05, 3.63) is 48.3 Å². The SMILES string of the molecule is O=S(=O)(Nc1ncc(CN2CC[C@@H]3CNC[C@@H]32)cn1)c1ccccc1. The second-order valence-electron chi connectivity index (χ2n) is 6.58. The predicted molar refractivity (Wildman–Crippen MR) is 94.5 cm³/mol. The van der Waals surface area contributed by atoms with Crippen molar-refractivity contribution in [3.8, 4) is 0 Å². The Bertz CT molecular complexity index is 826. The van der Waals surface area contributed by atoms with Crippen LogP contribution in [-0.4, -0.2) is 49.0 Å². The lowest BCUT2D eigenvalue weighted by atomic mass is 10.1. The summed E-state index contributed by atoms with van der Waals surface area (Å²) in [6.45, 7) is 4.05. The van der Waals surface area contributed by atoms with Gasteiger partial charge < -0.3 is 5.32 Å². The van der Waals surface area contributed by atoms with Crippen molar-refractivity contribution in [2.45, 2.75) is 23.9 Å². The van der Waals surface area contributed by atoms with Crippen LogP contribution in [0.1, 0.15) is 12.0 Å². The molecule has 2 aliphatic rings. The van der Waals surface area contributed by atoms with Gasteiger partial charge in [0.05, 0.1) is 4.90 Å². The van der Waals surface area contributed by atoms with E-state index >= 15 is 0 Å². The van der Waals surface area contributed by atoms with Crippen molar-refractivity contribution in [1.82, 2.24) is 20.2 Å². The number of nitrogens with zero attached hydrogens (tertiary/aromatic N) is 3. The molecule has 0 amide bonds. The van der Waals surface area contributed by atoms with E-state index in [9.17, 15) is 8.42 Å². The monoisotopic (exact) mass is 359 g/mol. The fourth-order valence-corrected chi connectivity index (χ4v) is 4.62. The van der Waals surface area contributed by atoms with Crippen molar-refractivity contribution in [3.63, 3.8) is 0 Å². The number of fused-ring (bicyclic) bond motifs is 1. The zero-order valence-electron chi connectivity index (χ0n) is 13.8. The van der Waals surface area contributed by atoms with Gasteiger partial charge in [-0.1, -0.05) is 18.2 Å². The largest absolute Gasteiger partial charge is 0.315 e. The summed E-state index contributed by atoms with van der Waals surface area (Å²) >= 11 is 0. The Morgan fingerprint density at radius 3 is 2.68 bits per heavy atom. The summed E-state index contributed by atoms with van der Waals surface area (Å²) in [4.78, 5) is 11.0. The van der Waals surface area contributed by atoms with E-state index in [4.69, 9.17) is 0 Å². The van der Waals surface area contributed by atoms with Gasteiger partial charge >= 0.3 is 0 Å². The molecule has 3 heterocycles. The summed E-state index contributed by atoms with van der Waals surface area (Å²) in [5.74, 6) is 0.840. The number of nitrogens with one attached hydrogen (secondary N) is 2. The van der Waals surface area contributed by atoms with Gasteiger partial charge in [-0.2, -0.15) is 0 Å². The number of likely N-dealkylation sites (tertiary alicyclic amines) is 1. The highest BCUT2D eigenvalue weighted by atomic mass is 32.2. The molecule has 2 saturated heterocycles. The molecular formula is C17H21N5O2S. The summed E-state index contributed by atoms with van der Waals surface area (Å²) in [5.41, 5.74) is 0.996. The van der Waals surface area contributed by atoms with E-state index in [-0.39, 0.29) is 10.8 Å². The van der Waals surface area contributed by atoms with Crippen LogP contribution in [0.25, 0.3) is 0 Å². The molecule has 0 bridgehead atoms. The molecule has 2 N–H and O–H groups in total. The Kier molecular flexibility index (Phi) is 4.41. The van der Waals surface area contributed by atoms with E-state index in [1.165, 1.54) is 18.6 Å². The Balaban J connectivity index is 1.42. The van der Waals surface area contributed by atoms with E-state index in [2.05, 4.69) is 24.9 Å². The van der Waals surface area contributed by atoms with Gasteiger partial charge in [0.2, 0.25) is 5.95 Å². The van der Waals surface area contributed by atoms with Crippen LogP contribution in [0.4, 0.5) is 5.95 Å². The van der Waals surface area contributed by atoms with Crippen LogP contribution in [0.2, 0.25) is 0 Å². The minimum absolute atomic E-state index is 0.0921. The molecule has 132 valence electrons. The number of anilines is 1. The standard InChI is InChI=1S/C17H21N5O2S/c23-25(24,15-4-2-1-3-5-15)21-17-19-8-13(9-20-17)12-22-7-6-14-10-18-11-16(14)22/h1-5,8-9,14,16,18H,6-7,10-12H2,(H,19,20,21)/t14-,16+/m1/s1. The predicted octanol–water partition coefficient (Wildman–Crippen LogP) is 1.07. The fraction of sp³-hybridized carbons (Fsp3) is 0.412. The Morgan fingerprint density at radius 1 is 1.16 bits per heavy atom. The van der Waals surface area contributed by atoms with Crippen molar-refractivity contribution < 1.29 is 8.42 Å². The highest BCUT2D eigenvalue weighted by molar-refractivity contribution is 7.92. The van der Waals surface area contributed by atoms with Crippen LogP contribution < -0.4 is 10.0 Å². The highest BCUT2D eigenvalue weighted by Crippen LogP contribution is 2.28. The molecule has 2 fully saturated rings. The third kappa shape index (κ3) is 3.51. The van der Waals surface area contributed by atoms with E-state index < -0.39 is 10.0 Å². The van der Waals surface area contributed by atoms with Crippen LogP contribution in [0.3, 0.4) is 0 Å². The third-order valence-corrected chi connectivity index (χ3v) is 6.27. The number of hydrogen-bond donors (Lipinski definition) is 2. The van der Waals surface area contributed by atoms with Gasteiger partial charge in [-0.25, -0.2) is 23.1 Å². The first kappa shape index (κ1) is 16.4. The quantitative estimate of drug-likeness (QED) is 0.830. The Hall–Kier alpha value is -2.03. The number of aromatic nitrogens is 2. The van der Waals surface area contributed by atoms with Crippen molar-refractivity contribution >= 4 is 16.0 Å². The van der Waals surface area contributed by atoms with Crippen molar-refractivity contribution in [2.24, 2.45) is 5.92 Å². The average Bonchev–Trinajstić information content (AvgIpc) is 3.22. The molecule has 2 atom stereocenters. The fourth-order valence-electron chi connectivity index (χ4n) is 3.64. The molecule has 7 nitrogen and oxygen atoms in total. The van der Waals surface area contributed by atoms with Crippen LogP contribution >= 0.6 is 0 Å². The topological polar surface area (TPSA) is 87.2 Å². The van der Waals surface area contributed by atoms with Gasteiger partial charge in [0, 0.05) is 37.1 Å². The summed E-state index contributed by atoms with van der Waals surface area (Å²) < 4.78 is 27.0. The maximum atomic E-state index is 12.3. The number of benzene rings is 1. The normalized spacial score (nSPS) is 23.5. The molecule has 4 rings (SSSR count). The van der Waals surface area contributed by atoms with Gasteiger partial charge in [-0.15, -0.1) is 0 Å². The molecule has 25 heavy (non-hydrogen) atoms. The maximum absolute atomic E-state index is 12.3. The lowest BCUT2D eigenvalue weighted by Gasteiger charge is -2.22. The third-order valence-electron chi connectivity index (χ3n) is 4.93. The van der Waals surface area contributed by atoms with Gasteiger partial charge in [0.1, 0.15) is 0 Å². The molecule has 1 aromatic carbocycles. The summed E-state index contributed by atoms with van der Waals surface area (Å²) in [6, 6.07) is 8.80. The van der Waals surface area contributed by atoms with Crippen LogP contribution in [0.15, 0.2) is 47.6 Å². The van der Waals surface area contributed by atoms with Crippen LogP contribution in [-0.2, 0) is 16.6 Å². The highest BCUT2D eigenvalue weighted by Gasteiger charge is 2.37. The molecule has 0 radical (unpaired) electrons. The summed E-state index contributed by atoms with van der Waals surface area (Å²) in [5, 5.41) is 3.44. The molecule has 0 saturated carbocycles. The molecule has 8 heteroatoms. The first-order valence-electron chi connectivity index (χ1n) is 8.45. The molecule has 1 aromatic heterocycles. The number of hydrogen-bond acceptors (Lipinski definition) is 6. The van der Waals surface area contributed by atoms with Gasteiger partial charge in [-0.3, -0.25) is 4.90 Å². The van der Waals surface area contributed by atoms with Crippen molar-refractivity contribution in [1.29, 1.82) is 0 Å². The smallest absolute Gasteiger partial charge is 0.264 e. The van der Waals surface area contributed by atoms with Crippen molar-refractivity contribution in [2.75, 3.05) is 24.4 Å². The van der Waals surface area contributed by atoms with E-state index in [0.717, 1.165) is 37.7 Å².